The number of hydrogen-bond donors (Lipinski definition) is 2. The summed E-state index contributed by atoms with van der Waals surface area (Å²) >= 11 is 0. The van der Waals surface area contributed by atoms with Crippen LogP contribution in [-0.2, 0) is 4.74 Å². The van der Waals surface area contributed by atoms with E-state index in [1.54, 1.807) is 6.07 Å². The average Bonchev–Trinajstić information content (AvgIpc) is 2.43. The minimum absolute atomic E-state index is 0.273. The Hall–Kier alpha value is -1.55. The highest BCUT2D eigenvalue weighted by molar-refractivity contribution is 5.92. The van der Waals surface area contributed by atoms with E-state index in [1.165, 1.54) is 0 Å². The van der Waals surface area contributed by atoms with Crippen molar-refractivity contribution in [2.75, 3.05) is 11.9 Å². The first kappa shape index (κ1) is 15.8. The lowest BCUT2D eigenvalue weighted by Crippen LogP contribution is -2.35. The standard InChI is InChI=1S/C17H25NO3/c1-4-21-16(19)14-6-5-7-15(12(14)2)18-13-8-10-17(3,20)11-9-13/h5-7,13,18,20H,4,8-11H2,1-3H3. The van der Waals surface area contributed by atoms with Gasteiger partial charge in [0.15, 0.2) is 0 Å². The first-order valence-electron chi connectivity index (χ1n) is 7.68. The predicted molar refractivity (Wildman–Crippen MR) is 83.6 cm³/mol. The quantitative estimate of drug-likeness (QED) is 0.836. The number of benzene rings is 1. The van der Waals surface area contributed by atoms with E-state index in [2.05, 4.69) is 5.32 Å². The highest BCUT2D eigenvalue weighted by Gasteiger charge is 2.28. The van der Waals surface area contributed by atoms with E-state index >= 15 is 0 Å². The van der Waals surface area contributed by atoms with E-state index in [9.17, 15) is 9.90 Å². The molecule has 4 nitrogen and oxygen atoms in total. The van der Waals surface area contributed by atoms with E-state index in [0.717, 1.165) is 36.9 Å². The van der Waals surface area contributed by atoms with Crippen molar-refractivity contribution < 1.29 is 14.6 Å². The Morgan fingerprint density at radius 2 is 2.10 bits per heavy atom. The summed E-state index contributed by atoms with van der Waals surface area (Å²) in [4.78, 5) is 11.9. The van der Waals surface area contributed by atoms with Crippen molar-refractivity contribution in [3.63, 3.8) is 0 Å². The van der Waals surface area contributed by atoms with Gasteiger partial charge in [0.25, 0.3) is 0 Å². The molecule has 2 N–H and O–H groups in total. The Bertz CT molecular complexity index is 501. The van der Waals surface area contributed by atoms with E-state index < -0.39 is 5.60 Å². The maximum absolute atomic E-state index is 11.9. The number of carbonyl (C=O) groups is 1. The third kappa shape index (κ3) is 3.97. The van der Waals surface area contributed by atoms with Crippen LogP contribution < -0.4 is 5.32 Å². The second kappa shape index (κ2) is 6.48. The number of hydrogen-bond acceptors (Lipinski definition) is 4. The highest BCUT2D eigenvalue weighted by Crippen LogP contribution is 2.30. The van der Waals surface area contributed by atoms with E-state index in [4.69, 9.17) is 4.74 Å². The molecule has 0 amide bonds. The second-order valence-corrected chi connectivity index (χ2v) is 6.11. The molecule has 0 heterocycles. The molecule has 0 radical (unpaired) electrons. The summed E-state index contributed by atoms with van der Waals surface area (Å²) in [6.45, 7) is 6.03. The van der Waals surface area contributed by atoms with Gasteiger partial charge in [-0.25, -0.2) is 4.79 Å². The molecule has 116 valence electrons. The van der Waals surface area contributed by atoms with Crippen LogP contribution in [0, 0.1) is 6.92 Å². The summed E-state index contributed by atoms with van der Waals surface area (Å²) in [5, 5.41) is 13.5. The summed E-state index contributed by atoms with van der Waals surface area (Å²) in [6, 6.07) is 6.01. The Morgan fingerprint density at radius 3 is 2.71 bits per heavy atom. The molecule has 0 aromatic heterocycles. The van der Waals surface area contributed by atoms with Gasteiger partial charge in [0.2, 0.25) is 0 Å². The smallest absolute Gasteiger partial charge is 0.338 e. The lowest BCUT2D eigenvalue weighted by Gasteiger charge is -2.34. The average molecular weight is 291 g/mol. The number of carbonyl (C=O) groups excluding carboxylic acids is 1. The van der Waals surface area contributed by atoms with Gasteiger partial charge in [-0.05, 0) is 64.2 Å². The number of ether oxygens (including phenoxy) is 1. The van der Waals surface area contributed by atoms with E-state index in [-0.39, 0.29) is 5.97 Å². The van der Waals surface area contributed by atoms with Gasteiger partial charge >= 0.3 is 5.97 Å². The van der Waals surface area contributed by atoms with Crippen LogP contribution in [0.15, 0.2) is 18.2 Å². The number of rotatable bonds is 4. The number of anilines is 1. The molecule has 0 unspecified atom stereocenters. The maximum Gasteiger partial charge on any atom is 0.338 e. The van der Waals surface area contributed by atoms with Crippen LogP contribution >= 0.6 is 0 Å². The Balaban J connectivity index is 2.07. The molecule has 2 rings (SSSR count). The van der Waals surface area contributed by atoms with E-state index in [1.807, 2.05) is 32.9 Å². The molecule has 1 saturated carbocycles. The highest BCUT2D eigenvalue weighted by atomic mass is 16.5. The van der Waals surface area contributed by atoms with Crippen LogP contribution in [0.2, 0.25) is 0 Å². The zero-order chi connectivity index (χ0) is 15.5. The van der Waals surface area contributed by atoms with Crippen LogP contribution in [0.5, 0.6) is 0 Å². The third-order valence-electron chi connectivity index (χ3n) is 4.25. The number of nitrogens with one attached hydrogen (secondary N) is 1. The van der Waals surface area contributed by atoms with Gasteiger partial charge in [-0.3, -0.25) is 0 Å². The number of esters is 1. The minimum Gasteiger partial charge on any atom is -0.462 e. The van der Waals surface area contributed by atoms with Crippen molar-refractivity contribution in [1.82, 2.24) is 0 Å². The molecule has 21 heavy (non-hydrogen) atoms. The topological polar surface area (TPSA) is 58.6 Å². The maximum atomic E-state index is 11.9. The summed E-state index contributed by atoms with van der Waals surface area (Å²) in [7, 11) is 0. The first-order chi connectivity index (χ1) is 9.93. The molecule has 0 spiro atoms. The van der Waals surface area contributed by atoms with Crippen molar-refractivity contribution in [2.24, 2.45) is 0 Å². The molecular weight excluding hydrogens is 266 g/mol. The van der Waals surface area contributed by atoms with Crippen molar-refractivity contribution in [3.8, 4) is 0 Å². The van der Waals surface area contributed by atoms with Gasteiger partial charge < -0.3 is 15.2 Å². The Kier molecular flexibility index (Phi) is 4.88. The van der Waals surface area contributed by atoms with E-state index in [0.29, 0.717) is 18.2 Å². The predicted octanol–water partition coefficient (Wildman–Crippen LogP) is 3.28. The molecule has 1 aromatic carbocycles. The zero-order valence-electron chi connectivity index (χ0n) is 13.1. The molecular formula is C17H25NO3. The molecule has 0 saturated heterocycles. The molecule has 4 heteroatoms. The molecule has 1 fully saturated rings. The van der Waals surface area contributed by atoms with Crippen molar-refractivity contribution in [3.05, 3.63) is 29.3 Å². The van der Waals surface area contributed by atoms with Crippen molar-refractivity contribution >= 4 is 11.7 Å². The molecule has 1 aliphatic rings. The van der Waals surface area contributed by atoms with Gasteiger partial charge in [-0.2, -0.15) is 0 Å². The van der Waals surface area contributed by atoms with Gasteiger partial charge in [0.05, 0.1) is 17.8 Å². The summed E-state index contributed by atoms with van der Waals surface area (Å²) < 4.78 is 5.08. The molecule has 0 aliphatic heterocycles. The fourth-order valence-corrected chi connectivity index (χ4v) is 2.83. The first-order valence-corrected chi connectivity index (χ1v) is 7.68. The van der Waals surface area contributed by atoms with Crippen molar-refractivity contribution in [2.45, 2.75) is 58.1 Å². The van der Waals surface area contributed by atoms with Gasteiger partial charge in [0, 0.05) is 11.7 Å². The number of aliphatic hydroxyl groups is 1. The molecule has 0 bridgehead atoms. The molecule has 0 atom stereocenters. The van der Waals surface area contributed by atoms with Crippen LogP contribution in [0.3, 0.4) is 0 Å². The lowest BCUT2D eigenvalue weighted by atomic mass is 9.83. The van der Waals surface area contributed by atoms with Crippen LogP contribution in [0.4, 0.5) is 5.69 Å². The molecule has 1 aromatic rings. The summed E-state index contributed by atoms with van der Waals surface area (Å²) in [5.74, 6) is -0.273. The van der Waals surface area contributed by atoms with Gasteiger partial charge in [-0.1, -0.05) is 6.07 Å². The third-order valence-corrected chi connectivity index (χ3v) is 4.25. The largest absolute Gasteiger partial charge is 0.462 e. The fraction of sp³-hybridized carbons (Fsp3) is 0.588. The lowest BCUT2D eigenvalue weighted by molar-refractivity contribution is 0.0196. The zero-order valence-corrected chi connectivity index (χ0v) is 13.1. The SMILES string of the molecule is CCOC(=O)c1cccc(NC2CCC(C)(O)CC2)c1C. The van der Waals surface area contributed by atoms with Crippen LogP contribution in [0.1, 0.15) is 55.5 Å². The monoisotopic (exact) mass is 291 g/mol. The van der Waals surface area contributed by atoms with Crippen LogP contribution in [-0.4, -0.2) is 29.3 Å². The minimum atomic E-state index is -0.528. The van der Waals surface area contributed by atoms with Gasteiger partial charge in [0.1, 0.15) is 0 Å². The summed E-state index contributed by atoms with van der Waals surface area (Å²) in [5.41, 5.74) is 1.99. The summed E-state index contributed by atoms with van der Waals surface area (Å²) in [6.07, 6.45) is 3.49. The molecule has 1 aliphatic carbocycles. The van der Waals surface area contributed by atoms with Gasteiger partial charge in [-0.15, -0.1) is 0 Å². The van der Waals surface area contributed by atoms with Crippen molar-refractivity contribution in [1.29, 1.82) is 0 Å². The Labute approximate surface area is 126 Å². The normalized spacial score (nSPS) is 25.4. The second-order valence-electron chi connectivity index (χ2n) is 6.11. The Morgan fingerprint density at radius 1 is 1.43 bits per heavy atom. The fourth-order valence-electron chi connectivity index (χ4n) is 2.83. The van der Waals surface area contributed by atoms with Crippen LogP contribution in [0.25, 0.3) is 0 Å².